The van der Waals surface area contributed by atoms with E-state index >= 15 is 0 Å². The standard InChI is InChI=1S/C16H22F3NO/c1-12-6-2-3-7-13(12)10-20-11-14-8-4-5-9-15(14)21-16(17,18)19/h4-5,8-9,12-13,20H,2-3,6-7,10-11H2,1H3. The normalized spacial score (nSPS) is 23.0. The number of hydrogen-bond acceptors (Lipinski definition) is 2. The van der Waals surface area contributed by atoms with Crippen molar-refractivity contribution in [2.45, 2.75) is 45.5 Å². The van der Waals surface area contributed by atoms with Crippen molar-refractivity contribution in [1.82, 2.24) is 5.32 Å². The molecule has 1 saturated carbocycles. The summed E-state index contributed by atoms with van der Waals surface area (Å²) in [5.74, 6) is 1.19. The first-order valence-corrected chi connectivity index (χ1v) is 7.50. The Morgan fingerprint density at radius 3 is 2.62 bits per heavy atom. The quantitative estimate of drug-likeness (QED) is 0.864. The Morgan fingerprint density at radius 2 is 1.90 bits per heavy atom. The molecule has 2 rings (SSSR count). The maximum absolute atomic E-state index is 12.3. The molecule has 1 N–H and O–H groups in total. The van der Waals surface area contributed by atoms with E-state index in [9.17, 15) is 13.2 Å². The van der Waals surface area contributed by atoms with Gasteiger partial charge < -0.3 is 10.1 Å². The highest BCUT2D eigenvalue weighted by molar-refractivity contribution is 5.33. The molecule has 21 heavy (non-hydrogen) atoms. The first kappa shape index (κ1) is 16.1. The molecule has 0 bridgehead atoms. The van der Waals surface area contributed by atoms with E-state index in [-0.39, 0.29) is 5.75 Å². The molecule has 2 atom stereocenters. The van der Waals surface area contributed by atoms with Crippen LogP contribution in [-0.4, -0.2) is 12.9 Å². The topological polar surface area (TPSA) is 21.3 Å². The van der Waals surface area contributed by atoms with Crippen molar-refractivity contribution in [3.05, 3.63) is 29.8 Å². The highest BCUT2D eigenvalue weighted by Gasteiger charge is 2.32. The Bertz CT molecular complexity index is 447. The number of rotatable bonds is 5. The van der Waals surface area contributed by atoms with Gasteiger partial charge in [-0.05, 0) is 30.9 Å². The second-order valence-corrected chi connectivity index (χ2v) is 5.81. The third-order valence-corrected chi connectivity index (χ3v) is 4.21. The van der Waals surface area contributed by atoms with Crippen molar-refractivity contribution in [3.63, 3.8) is 0 Å². The fourth-order valence-electron chi connectivity index (χ4n) is 2.96. The fourth-order valence-corrected chi connectivity index (χ4v) is 2.96. The fraction of sp³-hybridized carbons (Fsp3) is 0.625. The second-order valence-electron chi connectivity index (χ2n) is 5.81. The average Bonchev–Trinajstić information content (AvgIpc) is 2.41. The van der Waals surface area contributed by atoms with Gasteiger partial charge in [-0.25, -0.2) is 0 Å². The van der Waals surface area contributed by atoms with Gasteiger partial charge in [-0.1, -0.05) is 44.4 Å². The summed E-state index contributed by atoms with van der Waals surface area (Å²) in [5, 5.41) is 3.28. The Balaban J connectivity index is 1.88. The summed E-state index contributed by atoms with van der Waals surface area (Å²) in [7, 11) is 0. The van der Waals surface area contributed by atoms with Gasteiger partial charge in [0, 0.05) is 12.1 Å². The van der Waals surface area contributed by atoms with Crippen LogP contribution in [0, 0.1) is 11.8 Å². The lowest BCUT2D eigenvalue weighted by Crippen LogP contribution is -2.29. The molecule has 1 fully saturated rings. The van der Waals surface area contributed by atoms with E-state index in [1.807, 2.05) is 0 Å². The van der Waals surface area contributed by atoms with E-state index in [4.69, 9.17) is 0 Å². The molecule has 5 heteroatoms. The van der Waals surface area contributed by atoms with Crippen LogP contribution in [0.25, 0.3) is 0 Å². The summed E-state index contributed by atoms with van der Waals surface area (Å²) < 4.78 is 41.1. The number of para-hydroxylation sites is 1. The van der Waals surface area contributed by atoms with Gasteiger partial charge >= 0.3 is 6.36 Å². The van der Waals surface area contributed by atoms with E-state index in [1.165, 1.54) is 31.7 Å². The van der Waals surface area contributed by atoms with Gasteiger partial charge in [0.2, 0.25) is 0 Å². The summed E-state index contributed by atoms with van der Waals surface area (Å²) in [6, 6.07) is 6.30. The lowest BCUT2D eigenvalue weighted by Gasteiger charge is -2.29. The summed E-state index contributed by atoms with van der Waals surface area (Å²) in [5.41, 5.74) is 0.540. The summed E-state index contributed by atoms with van der Waals surface area (Å²) in [6.07, 6.45) is 0.355. The number of halogens is 3. The van der Waals surface area contributed by atoms with Gasteiger partial charge in [-0.3, -0.25) is 0 Å². The molecule has 0 aliphatic heterocycles. The van der Waals surface area contributed by atoms with E-state index in [1.54, 1.807) is 18.2 Å². The van der Waals surface area contributed by atoms with Crippen LogP contribution in [0.3, 0.4) is 0 Å². The summed E-state index contributed by atoms with van der Waals surface area (Å²) >= 11 is 0. The minimum absolute atomic E-state index is 0.116. The number of nitrogens with one attached hydrogen (secondary N) is 1. The predicted molar refractivity (Wildman–Crippen MR) is 76.0 cm³/mol. The molecule has 0 heterocycles. The van der Waals surface area contributed by atoms with Gasteiger partial charge in [0.25, 0.3) is 0 Å². The molecule has 118 valence electrons. The Morgan fingerprint density at radius 1 is 1.19 bits per heavy atom. The first-order chi connectivity index (χ1) is 9.96. The van der Waals surface area contributed by atoms with Gasteiger partial charge in [0.05, 0.1) is 0 Å². The van der Waals surface area contributed by atoms with Gasteiger partial charge in [0.15, 0.2) is 0 Å². The molecule has 1 aromatic carbocycles. The number of ether oxygens (including phenoxy) is 1. The third-order valence-electron chi connectivity index (χ3n) is 4.21. The van der Waals surface area contributed by atoms with Gasteiger partial charge in [-0.15, -0.1) is 13.2 Å². The van der Waals surface area contributed by atoms with Crippen LogP contribution < -0.4 is 10.1 Å². The maximum atomic E-state index is 12.3. The zero-order valence-corrected chi connectivity index (χ0v) is 12.2. The maximum Gasteiger partial charge on any atom is 0.573 e. The zero-order valence-electron chi connectivity index (χ0n) is 12.2. The minimum Gasteiger partial charge on any atom is -0.405 e. The van der Waals surface area contributed by atoms with E-state index < -0.39 is 6.36 Å². The molecule has 0 aromatic heterocycles. The predicted octanol–water partition coefficient (Wildman–Crippen LogP) is 4.50. The van der Waals surface area contributed by atoms with Crippen molar-refractivity contribution >= 4 is 0 Å². The van der Waals surface area contributed by atoms with Crippen LogP contribution in [0.2, 0.25) is 0 Å². The molecule has 0 spiro atoms. The molecule has 0 radical (unpaired) electrons. The molecule has 0 saturated heterocycles. The smallest absolute Gasteiger partial charge is 0.405 e. The first-order valence-electron chi connectivity index (χ1n) is 7.50. The van der Waals surface area contributed by atoms with Crippen LogP contribution in [-0.2, 0) is 6.54 Å². The lowest BCUT2D eigenvalue weighted by atomic mass is 9.80. The highest BCUT2D eigenvalue weighted by Crippen LogP contribution is 2.29. The van der Waals surface area contributed by atoms with Crippen molar-refractivity contribution in [2.24, 2.45) is 11.8 Å². The minimum atomic E-state index is -4.64. The van der Waals surface area contributed by atoms with Crippen LogP contribution in [0.4, 0.5) is 13.2 Å². The lowest BCUT2D eigenvalue weighted by molar-refractivity contribution is -0.274. The third kappa shape index (κ3) is 5.23. The van der Waals surface area contributed by atoms with E-state index in [0.29, 0.717) is 23.9 Å². The average molecular weight is 301 g/mol. The van der Waals surface area contributed by atoms with Crippen LogP contribution >= 0.6 is 0 Å². The van der Waals surface area contributed by atoms with Gasteiger partial charge in [-0.2, -0.15) is 0 Å². The number of hydrogen-bond donors (Lipinski definition) is 1. The van der Waals surface area contributed by atoms with Crippen LogP contribution in [0.15, 0.2) is 24.3 Å². The van der Waals surface area contributed by atoms with Crippen molar-refractivity contribution in [2.75, 3.05) is 6.54 Å². The van der Waals surface area contributed by atoms with Crippen molar-refractivity contribution < 1.29 is 17.9 Å². The second kappa shape index (κ2) is 7.16. The Labute approximate surface area is 123 Å². The van der Waals surface area contributed by atoms with Gasteiger partial charge in [0.1, 0.15) is 5.75 Å². The molecule has 2 nitrogen and oxygen atoms in total. The van der Waals surface area contributed by atoms with Crippen molar-refractivity contribution in [1.29, 1.82) is 0 Å². The van der Waals surface area contributed by atoms with Crippen LogP contribution in [0.5, 0.6) is 5.75 Å². The molecule has 1 aliphatic carbocycles. The molecule has 0 amide bonds. The largest absolute Gasteiger partial charge is 0.573 e. The molecule has 1 aliphatic rings. The van der Waals surface area contributed by atoms with Crippen LogP contribution in [0.1, 0.15) is 38.2 Å². The van der Waals surface area contributed by atoms with E-state index in [2.05, 4.69) is 17.0 Å². The molecular formula is C16H22F3NO. The van der Waals surface area contributed by atoms with Crippen molar-refractivity contribution in [3.8, 4) is 5.75 Å². The summed E-state index contributed by atoms with van der Waals surface area (Å²) in [4.78, 5) is 0. The molecular weight excluding hydrogens is 279 g/mol. The SMILES string of the molecule is CC1CCCCC1CNCc1ccccc1OC(F)(F)F. The molecule has 1 aromatic rings. The molecule has 2 unspecified atom stereocenters. The number of benzene rings is 1. The zero-order chi connectivity index (χ0) is 15.3. The summed E-state index contributed by atoms with van der Waals surface area (Å²) in [6.45, 7) is 3.50. The Kier molecular flexibility index (Phi) is 5.51. The monoisotopic (exact) mass is 301 g/mol. The highest BCUT2D eigenvalue weighted by atomic mass is 19.4. The Hall–Kier alpha value is -1.23. The van der Waals surface area contributed by atoms with E-state index in [0.717, 1.165) is 6.54 Å². The number of alkyl halides is 3.